The maximum Gasteiger partial charge on any atom is 0.239 e. The molecule has 2 rings (SSSR count). The first-order valence-corrected chi connectivity index (χ1v) is 17.7. The summed E-state index contributed by atoms with van der Waals surface area (Å²) < 4.78 is 0. The fourth-order valence-electron chi connectivity index (χ4n) is 5.51. The summed E-state index contributed by atoms with van der Waals surface area (Å²) in [6.45, 7) is 6.30. The van der Waals surface area contributed by atoms with Gasteiger partial charge in [-0.3, -0.25) is 19.2 Å². The Bertz CT molecular complexity index is 1410. The summed E-state index contributed by atoms with van der Waals surface area (Å²) in [5, 5.41) is 42.3. The van der Waals surface area contributed by atoms with E-state index in [1.165, 1.54) is 12.5 Å². The lowest BCUT2D eigenvalue weighted by atomic mass is 9.95. The van der Waals surface area contributed by atoms with Gasteiger partial charge in [0.15, 0.2) is 0 Å². The van der Waals surface area contributed by atoms with Crippen LogP contribution >= 0.6 is 0 Å². The van der Waals surface area contributed by atoms with Crippen molar-refractivity contribution in [3.63, 3.8) is 0 Å². The number of carbonyl (C=O) groups is 4. The molecule has 4 amide bonds. The highest BCUT2D eigenvalue weighted by molar-refractivity contribution is 5.80. The van der Waals surface area contributed by atoms with E-state index in [1.807, 2.05) is 26.1 Å². The number of phenolic OH excluding ortho intramolecular Hbond substituents is 2. The van der Waals surface area contributed by atoms with Gasteiger partial charge in [0.1, 0.15) is 11.5 Å². The molecule has 2 aromatic carbocycles. The van der Waals surface area contributed by atoms with Crippen molar-refractivity contribution in [1.29, 1.82) is 0 Å². The molecule has 276 valence electrons. The standard InChI is InChI=1S/C38H57N5O7/c1-5-7-9-10-11-13-36(48)40-19-18-37(49)41-23-31(12-8-6-2)43(4)27(3)29-15-17-35(47)33(22-29)32-21-28(14-16-34(32)46)20-30(25-44)42-38(50)24-39-26-45/h12,14-17,21-22,26-27,30,44,46-47H,5-11,13,18-20,23-25H2,1-4H3,(H,39,45)(H,40,48)(H,41,49)(H,42,50)/b31-12+/t27?,30-/m0/s1. The van der Waals surface area contributed by atoms with Crippen molar-refractivity contribution in [1.82, 2.24) is 26.2 Å². The second-order valence-corrected chi connectivity index (χ2v) is 12.6. The Kier molecular flexibility index (Phi) is 19.1. The number of amides is 4. The van der Waals surface area contributed by atoms with Gasteiger partial charge in [0, 0.05) is 43.3 Å². The number of benzene rings is 2. The Morgan fingerprint density at radius 3 is 2.20 bits per heavy atom. The van der Waals surface area contributed by atoms with E-state index in [-0.39, 0.29) is 55.3 Å². The van der Waals surface area contributed by atoms with E-state index in [0.717, 1.165) is 49.8 Å². The van der Waals surface area contributed by atoms with Gasteiger partial charge in [-0.25, -0.2) is 0 Å². The molecule has 2 aromatic rings. The van der Waals surface area contributed by atoms with Crippen LogP contribution in [0.5, 0.6) is 11.5 Å². The number of hydrogen-bond acceptors (Lipinski definition) is 8. The van der Waals surface area contributed by atoms with Gasteiger partial charge in [0.05, 0.1) is 31.8 Å². The number of aliphatic hydroxyl groups is 1. The van der Waals surface area contributed by atoms with Gasteiger partial charge >= 0.3 is 0 Å². The van der Waals surface area contributed by atoms with Crippen molar-refractivity contribution < 1.29 is 34.5 Å². The first-order chi connectivity index (χ1) is 24.0. The van der Waals surface area contributed by atoms with E-state index in [4.69, 9.17) is 0 Å². The number of unbranched alkanes of at least 4 members (excludes halogenated alkanes) is 5. The second kappa shape index (κ2) is 22.9. The average Bonchev–Trinajstić information content (AvgIpc) is 3.10. The molecule has 0 radical (unpaired) electrons. The van der Waals surface area contributed by atoms with Crippen LogP contribution in [0, 0.1) is 0 Å². The number of allylic oxidation sites excluding steroid dienone is 1. The van der Waals surface area contributed by atoms with Gasteiger partial charge in [-0.1, -0.05) is 64.2 Å². The zero-order chi connectivity index (χ0) is 36.9. The number of rotatable bonds is 24. The van der Waals surface area contributed by atoms with Crippen LogP contribution in [0.25, 0.3) is 11.1 Å². The molecule has 0 spiro atoms. The third-order valence-corrected chi connectivity index (χ3v) is 8.62. The fourth-order valence-corrected chi connectivity index (χ4v) is 5.51. The topological polar surface area (TPSA) is 180 Å². The fraction of sp³-hybridized carbons (Fsp3) is 0.526. The van der Waals surface area contributed by atoms with Crippen molar-refractivity contribution in [3.05, 3.63) is 59.3 Å². The zero-order valence-corrected chi connectivity index (χ0v) is 30.1. The minimum absolute atomic E-state index is 0.0253. The maximum absolute atomic E-state index is 12.7. The van der Waals surface area contributed by atoms with Crippen LogP contribution in [0.4, 0.5) is 0 Å². The molecular weight excluding hydrogens is 638 g/mol. The number of aliphatic hydroxyl groups excluding tert-OH is 1. The molecule has 0 aliphatic rings. The summed E-state index contributed by atoms with van der Waals surface area (Å²) in [7, 11) is 1.94. The Labute approximate surface area is 296 Å². The van der Waals surface area contributed by atoms with Crippen LogP contribution in [-0.2, 0) is 25.6 Å². The molecule has 12 heteroatoms. The van der Waals surface area contributed by atoms with Crippen LogP contribution in [0.15, 0.2) is 48.2 Å². The predicted octanol–water partition coefficient (Wildman–Crippen LogP) is 4.19. The van der Waals surface area contributed by atoms with Gasteiger partial charge < -0.3 is 41.5 Å². The average molecular weight is 696 g/mol. The molecule has 1 unspecified atom stereocenters. The highest BCUT2D eigenvalue weighted by Gasteiger charge is 2.20. The number of nitrogens with zero attached hydrogens (tertiary/aromatic N) is 1. The normalized spacial score (nSPS) is 12.5. The lowest BCUT2D eigenvalue weighted by Crippen LogP contribution is -2.43. The Morgan fingerprint density at radius 2 is 1.52 bits per heavy atom. The van der Waals surface area contributed by atoms with Gasteiger partial charge in [-0.05, 0) is 61.6 Å². The van der Waals surface area contributed by atoms with E-state index in [0.29, 0.717) is 42.6 Å². The summed E-state index contributed by atoms with van der Waals surface area (Å²) in [5.41, 5.74) is 3.29. The van der Waals surface area contributed by atoms with Gasteiger partial charge in [0.2, 0.25) is 24.1 Å². The van der Waals surface area contributed by atoms with E-state index in [9.17, 15) is 34.5 Å². The van der Waals surface area contributed by atoms with Crippen LogP contribution in [0.2, 0.25) is 0 Å². The zero-order valence-electron chi connectivity index (χ0n) is 30.1. The number of phenols is 2. The van der Waals surface area contributed by atoms with Gasteiger partial charge in [-0.2, -0.15) is 0 Å². The van der Waals surface area contributed by atoms with Crippen molar-refractivity contribution in [2.75, 3.05) is 33.3 Å². The lowest BCUT2D eigenvalue weighted by molar-refractivity contribution is -0.123. The number of carbonyl (C=O) groups excluding carboxylic acids is 4. The van der Waals surface area contributed by atoms with Crippen LogP contribution in [0.3, 0.4) is 0 Å². The molecule has 0 aliphatic carbocycles. The number of aromatic hydroxyl groups is 2. The van der Waals surface area contributed by atoms with Gasteiger partial charge in [0.25, 0.3) is 0 Å². The molecule has 0 aromatic heterocycles. The molecule has 0 fully saturated rings. The molecule has 50 heavy (non-hydrogen) atoms. The SMILES string of the molecule is CCC/C=C(\CNC(=O)CCNC(=O)CCCCCCC)N(C)C(C)c1ccc(O)c(-c2cc(C[C@@H](CO)NC(=O)CNC=O)ccc2O)c1. The Hall–Kier alpha value is -4.58. The summed E-state index contributed by atoms with van der Waals surface area (Å²) in [6.07, 6.45) is 10.6. The summed E-state index contributed by atoms with van der Waals surface area (Å²) >= 11 is 0. The van der Waals surface area contributed by atoms with Crippen molar-refractivity contribution in [3.8, 4) is 22.6 Å². The molecule has 7 N–H and O–H groups in total. The summed E-state index contributed by atoms with van der Waals surface area (Å²) in [5.74, 6) is -0.697. The van der Waals surface area contributed by atoms with E-state index >= 15 is 0 Å². The molecule has 0 saturated carbocycles. The Morgan fingerprint density at radius 1 is 0.840 bits per heavy atom. The number of likely N-dealkylation sites (N-methyl/N-ethyl adjacent to an activating group) is 1. The van der Waals surface area contributed by atoms with Crippen molar-refractivity contribution in [2.24, 2.45) is 0 Å². The molecule has 12 nitrogen and oxygen atoms in total. The number of nitrogens with one attached hydrogen (secondary N) is 4. The minimum Gasteiger partial charge on any atom is -0.507 e. The summed E-state index contributed by atoms with van der Waals surface area (Å²) in [6, 6.07) is 9.29. The first kappa shape index (κ1) is 41.6. The highest BCUT2D eigenvalue weighted by atomic mass is 16.3. The maximum atomic E-state index is 12.7. The van der Waals surface area contributed by atoms with Crippen LogP contribution in [-0.4, -0.2) is 83.7 Å². The third-order valence-electron chi connectivity index (χ3n) is 8.62. The van der Waals surface area contributed by atoms with Crippen LogP contribution in [0.1, 0.15) is 95.7 Å². The second-order valence-electron chi connectivity index (χ2n) is 12.6. The molecule has 0 aliphatic heterocycles. The molecule has 0 bridgehead atoms. The highest BCUT2D eigenvalue weighted by Crippen LogP contribution is 2.38. The molecular formula is C38H57N5O7. The monoisotopic (exact) mass is 695 g/mol. The van der Waals surface area contributed by atoms with E-state index in [2.05, 4.69) is 46.1 Å². The predicted molar refractivity (Wildman–Crippen MR) is 195 cm³/mol. The van der Waals surface area contributed by atoms with E-state index < -0.39 is 11.9 Å². The Balaban J connectivity index is 2.11. The molecule has 2 atom stereocenters. The largest absolute Gasteiger partial charge is 0.507 e. The van der Waals surface area contributed by atoms with E-state index in [1.54, 1.807) is 18.2 Å². The molecule has 0 heterocycles. The minimum atomic E-state index is -0.625. The third kappa shape index (κ3) is 14.5. The van der Waals surface area contributed by atoms with Crippen LogP contribution < -0.4 is 21.3 Å². The summed E-state index contributed by atoms with van der Waals surface area (Å²) in [4.78, 5) is 49.4. The lowest BCUT2D eigenvalue weighted by Gasteiger charge is -2.31. The molecule has 0 saturated heterocycles. The van der Waals surface area contributed by atoms with Gasteiger partial charge in [-0.15, -0.1) is 0 Å². The van der Waals surface area contributed by atoms with Crippen molar-refractivity contribution in [2.45, 2.75) is 97.1 Å². The quantitative estimate of drug-likeness (QED) is 0.0631. The number of hydrogen-bond donors (Lipinski definition) is 7. The first-order valence-electron chi connectivity index (χ1n) is 17.7. The smallest absolute Gasteiger partial charge is 0.239 e. The van der Waals surface area contributed by atoms with Crippen molar-refractivity contribution >= 4 is 24.1 Å².